The van der Waals surface area contributed by atoms with Gasteiger partial charge in [-0.1, -0.05) is 32.0 Å². The molecule has 16 N–H and O–H groups in total. The second-order valence-corrected chi connectivity index (χ2v) is 29.9. The standard InChI is InChI=1S/C27H34N6O7.C26H32N6O7.C26H31N5O8/c1-14-23(35)18(10-16-6-4-8-28-11-16)31-24(36)20(32-25(37)21-19(34)7-5-9-29-21)15(2)30-26(38)22(17-12-40-13-17)33(3)27(14)39;1-13-22(34)17(9-15-5-3-7-27-10-15)30-24(36)19(31-26(38)21-18(33)6-4-8-28-21)14(2)29-25(37)20(32-23(13)35)16-11-39-12-16;1-13-21(33)17(9-15-5-3-7-27-10-15)30-23(34)19(31-24(35)20-18(32)6-4-8-28-20)14(2)29-25(36)22(39-26(13)37)16-11-38-12-16/h4-9,11,14-15,17-18,20,22-23,34-35H,10,12-13H2,1-3H3,(H,30,38)(H,31,36)(H,32,37);3-8,10,13-14,16-17,19-20,22,33-34H,9,11-12H2,1-2H3,(H,29,37)(H,30,36)(H,31,38)(H,32,35);3-8,10,13-14,16-17,19,21-22,32-33H,9,11-12H2,1-2H3,(H,29,36)(H,30,34)(H,31,35)/t14-,15-,18+,20+,22?,23+;13-,14-,17+,19+,20?,22+;13-,14-,17+,19+,21+,22?/m111/s1. The topological polar surface area (TPSA) is 564 Å². The summed E-state index contributed by atoms with van der Waals surface area (Å²) in [5.74, 6) is -13.5. The molecule has 6 aliphatic heterocycles. The number of rotatable bonds is 15. The van der Waals surface area contributed by atoms with Crippen molar-refractivity contribution < 1.29 is 107 Å². The Balaban J connectivity index is 0.000000186. The molecule has 12 rings (SSSR count). The summed E-state index contributed by atoms with van der Waals surface area (Å²) in [6, 6.07) is 6.91. The largest absolute Gasteiger partial charge is 0.505 e. The SMILES string of the molecule is C[C@H]1NC(=O)C(C2COC2)N(C)C(=O)[C@H](C)[C@H](O)[C@H](Cc2cccnc2)NC(=O)[C@H]1NC(=O)c1ncccc1O.C[C@H]1NC(=O)C(C2COC2)NC(=O)[C@H](C)[C@H](O)[C@H](Cc2cccnc2)NC(=O)[C@H]1NC(=O)c1ncccc1O.C[C@H]1NC(=O)C(C2COC2)OC(=O)[C@H](C)[C@H](O)[C@H](Cc2cccnc2)NC(=O)[C@H]1NC(=O)c1ncccc1O. The third-order valence-electron chi connectivity index (χ3n) is 21.2. The van der Waals surface area contributed by atoms with Gasteiger partial charge in [-0.05, 0) is 118 Å². The predicted molar refractivity (Wildman–Crippen MR) is 411 cm³/mol. The van der Waals surface area contributed by atoms with E-state index in [2.05, 4.69) is 83.1 Å². The molecule has 6 fully saturated rings. The minimum atomic E-state index is -1.41. The van der Waals surface area contributed by atoms with Gasteiger partial charge in [-0.25, -0.2) is 15.0 Å². The number of carbonyl (C=O) groups is 12. The van der Waals surface area contributed by atoms with Crippen molar-refractivity contribution in [3.63, 3.8) is 0 Å². The van der Waals surface area contributed by atoms with Crippen LogP contribution in [0.25, 0.3) is 0 Å². The Bertz CT molecular complexity index is 4370. The molecule has 39 nitrogen and oxygen atoms in total. The lowest BCUT2D eigenvalue weighted by atomic mass is 9.89. The fraction of sp³-hybridized carbons (Fsp3) is 0.468. The summed E-state index contributed by atoms with van der Waals surface area (Å²) < 4.78 is 21.2. The van der Waals surface area contributed by atoms with Crippen molar-refractivity contribution in [1.29, 1.82) is 0 Å². The van der Waals surface area contributed by atoms with Gasteiger partial charge in [-0.15, -0.1) is 0 Å². The molecule has 11 amide bonds. The fourth-order valence-electron chi connectivity index (χ4n) is 13.9. The molecule has 0 aliphatic carbocycles. The molecule has 12 heterocycles. The number of aliphatic hydroxyl groups is 3. The number of hydrogen-bond donors (Lipinski definition) is 16. The van der Waals surface area contributed by atoms with Crippen LogP contribution in [-0.4, -0.2) is 274 Å². The maximum atomic E-state index is 13.7. The molecule has 0 saturated carbocycles. The second-order valence-electron chi connectivity index (χ2n) is 29.9. The number of nitrogens with one attached hydrogen (secondary N) is 10. The highest BCUT2D eigenvalue weighted by Gasteiger charge is 2.48. The van der Waals surface area contributed by atoms with Gasteiger partial charge < -0.3 is 108 Å². The van der Waals surface area contributed by atoms with Crippen LogP contribution in [0, 0.1) is 35.5 Å². The van der Waals surface area contributed by atoms with Gasteiger partial charge in [0.2, 0.25) is 41.4 Å². The van der Waals surface area contributed by atoms with Crippen LogP contribution in [-0.2, 0) is 81.4 Å². The number of cyclic esters (lactones) is 1. The van der Waals surface area contributed by atoms with Crippen LogP contribution in [0.5, 0.6) is 17.2 Å². The van der Waals surface area contributed by atoms with E-state index in [4.69, 9.17) is 18.9 Å². The van der Waals surface area contributed by atoms with Crippen LogP contribution in [0.1, 0.15) is 89.7 Å². The zero-order chi connectivity index (χ0) is 85.2. The summed E-state index contributed by atoms with van der Waals surface area (Å²) in [5, 5.41) is 90.8. The summed E-state index contributed by atoms with van der Waals surface area (Å²) in [4.78, 5) is 184. The average molecular weight is 1640 g/mol. The van der Waals surface area contributed by atoms with Crippen LogP contribution in [0.2, 0.25) is 0 Å². The third kappa shape index (κ3) is 22.1. The molecule has 6 saturated heterocycles. The van der Waals surface area contributed by atoms with Crippen LogP contribution in [0.4, 0.5) is 0 Å². The number of esters is 1. The number of pyridine rings is 6. The number of hydrogen-bond acceptors (Lipinski definition) is 28. The minimum Gasteiger partial charge on any atom is -0.505 e. The van der Waals surface area contributed by atoms with Crippen molar-refractivity contribution in [2.75, 3.05) is 46.7 Å². The molecule has 0 aromatic carbocycles. The first-order valence-corrected chi connectivity index (χ1v) is 38.3. The molecular weight excluding hydrogens is 1540 g/mol. The zero-order valence-corrected chi connectivity index (χ0v) is 65.5. The first-order chi connectivity index (χ1) is 56.4. The van der Waals surface area contributed by atoms with E-state index >= 15 is 0 Å². The number of carbonyl (C=O) groups excluding carboxylic acids is 12. The molecule has 118 heavy (non-hydrogen) atoms. The molecule has 6 aromatic rings. The lowest BCUT2D eigenvalue weighted by molar-refractivity contribution is -0.178. The van der Waals surface area contributed by atoms with Gasteiger partial charge in [0.1, 0.15) is 47.5 Å². The summed E-state index contributed by atoms with van der Waals surface area (Å²) >= 11 is 0. The number of nitrogens with zero attached hydrogens (tertiary/aromatic N) is 7. The Hall–Kier alpha value is -12.3. The molecule has 39 heteroatoms. The van der Waals surface area contributed by atoms with Crippen molar-refractivity contribution in [2.45, 2.75) is 152 Å². The van der Waals surface area contributed by atoms with Crippen LogP contribution in [0.3, 0.4) is 0 Å². The van der Waals surface area contributed by atoms with Crippen LogP contribution >= 0.6 is 0 Å². The molecule has 6 aliphatic rings. The highest BCUT2D eigenvalue weighted by molar-refractivity contribution is 6.01. The van der Waals surface area contributed by atoms with Crippen LogP contribution < -0.4 is 53.2 Å². The average Bonchev–Trinajstić information content (AvgIpc) is 0.488. The molecule has 0 bridgehead atoms. The Labute approximate surface area is 676 Å². The monoisotopic (exact) mass is 1640 g/mol. The molecular formula is C79H97N17O22. The first kappa shape index (κ1) is 88.1. The van der Waals surface area contributed by atoms with Gasteiger partial charge in [0.05, 0.1) is 118 Å². The lowest BCUT2D eigenvalue weighted by Gasteiger charge is -2.41. The van der Waals surface area contributed by atoms with E-state index in [-0.39, 0.29) is 99.3 Å². The highest BCUT2D eigenvalue weighted by Crippen LogP contribution is 2.28. The molecule has 0 spiro atoms. The van der Waals surface area contributed by atoms with E-state index < -0.39 is 191 Å². The summed E-state index contributed by atoms with van der Waals surface area (Å²) in [6.45, 7) is 10.5. The Morgan fingerprint density at radius 1 is 0.415 bits per heavy atom. The molecule has 630 valence electrons. The number of ether oxygens (including phenoxy) is 4. The van der Waals surface area contributed by atoms with E-state index in [0.717, 1.165) is 0 Å². The van der Waals surface area contributed by atoms with E-state index in [1.54, 1.807) is 73.6 Å². The third-order valence-corrected chi connectivity index (χ3v) is 21.2. The Kier molecular flexibility index (Phi) is 30.2. The fourth-order valence-corrected chi connectivity index (χ4v) is 13.9. The quantitative estimate of drug-likeness (QED) is 0.0449. The highest BCUT2D eigenvalue weighted by atomic mass is 16.6. The van der Waals surface area contributed by atoms with Crippen molar-refractivity contribution in [1.82, 2.24) is 88.0 Å². The van der Waals surface area contributed by atoms with E-state index in [1.807, 2.05) is 0 Å². The van der Waals surface area contributed by atoms with Gasteiger partial charge in [0.15, 0.2) is 23.2 Å². The maximum Gasteiger partial charge on any atom is 0.312 e. The number of aromatic nitrogens is 6. The predicted octanol–water partition coefficient (Wildman–Crippen LogP) is -3.27. The summed E-state index contributed by atoms with van der Waals surface area (Å²) in [7, 11) is 1.50. The second kappa shape index (κ2) is 40.5. The Morgan fingerprint density at radius 2 is 0.763 bits per heavy atom. The normalized spacial score (nSPS) is 28.5. The number of aliphatic hydroxyl groups excluding tert-OH is 3. The van der Waals surface area contributed by atoms with Gasteiger partial charge >= 0.3 is 5.97 Å². The van der Waals surface area contributed by atoms with Gasteiger partial charge in [0.25, 0.3) is 23.6 Å². The summed E-state index contributed by atoms with van der Waals surface area (Å²) in [6.07, 6.45) is 8.51. The number of likely N-dealkylation sites (N-methyl/N-ethyl adjacent to an activating group) is 1. The van der Waals surface area contributed by atoms with Crippen molar-refractivity contribution in [2.24, 2.45) is 35.5 Å². The zero-order valence-electron chi connectivity index (χ0n) is 65.5. The molecule has 0 radical (unpaired) electrons. The minimum absolute atomic E-state index is 0.112. The molecule has 6 aromatic heterocycles. The van der Waals surface area contributed by atoms with E-state index in [1.165, 1.54) is 108 Å². The lowest BCUT2D eigenvalue weighted by Crippen LogP contribution is -2.65. The summed E-state index contributed by atoms with van der Waals surface area (Å²) in [5.41, 5.74) is 1.18. The van der Waals surface area contributed by atoms with Gasteiger partial charge in [0, 0.05) is 74.7 Å². The number of amides is 11. The van der Waals surface area contributed by atoms with Gasteiger partial charge in [-0.3, -0.25) is 72.5 Å². The van der Waals surface area contributed by atoms with E-state index in [0.29, 0.717) is 16.7 Å². The van der Waals surface area contributed by atoms with Crippen molar-refractivity contribution >= 4 is 70.9 Å². The first-order valence-electron chi connectivity index (χ1n) is 38.3. The van der Waals surface area contributed by atoms with Crippen LogP contribution in [0.15, 0.2) is 129 Å². The smallest absolute Gasteiger partial charge is 0.312 e. The molecule has 3 unspecified atom stereocenters. The number of aromatic hydroxyl groups is 3. The Morgan fingerprint density at radius 3 is 1.11 bits per heavy atom. The van der Waals surface area contributed by atoms with Crippen molar-refractivity contribution in [3.8, 4) is 17.2 Å². The van der Waals surface area contributed by atoms with Crippen molar-refractivity contribution in [3.05, 3.63) is 162 Å². The molecule has 18 atom stereocenters. The van der Waals surface area contributed by atoms with E-state index in [9.17, 15) is 88.2 Å². The van der Waals surface area contributed by atoms with Gasteiger partial charge in [-0.2, -0.15) is 0 Å². The maximum absolute atomic E-state index is 13.7.